The van der Waals surface area contributed by atoms with E-state index in [-0.39, 0.29) is 0 Å². The molecule has 2 rings (SSSR count). The SMILES string of the molecule is Cc1cc(C)c(C#N)c(SCc2nc[nH]c2C)n1. The molecule has 18 heavy (non-hydrogen) atoms. The second-order valence-corrected chi connectivity index (χ2v) is 5.10. The highest BCUT2D eigenvalue weighted by Crippen LogP contribution is 2.26. The number of nitrogens with one attached hydrogen (secondary N) is 1. The third-order valence-corrected chi connectivity index (χ3v) is 3.69. The van der Waals surface area contributed by atoms with Gasteiger partial charge in [0.2, 0.25) is 0 Å². The van der Waals surface area contributed by atoms with Crippen molar-refractivity contribution in [1.82, 2.24) is 15.0 Å². The first-order valence-corrected chi connectivity index (χ1v) is 6.60. The second-order valence-electron chi connectivity index (χ2n) is 4.14. The van der Waals surface area contributed by atoms with Gasteiger partial charge >= 0.3 is 0 Å². The molecule has 0 saturated carbocycles. The van der Waals surface area contributed by atoms with Gasteiger partial charge in [0, 0.05) is 17.1 Å². The molecule has 2 aromatic heterocycles. The minimum absolute atomic E-state index is 0.666. The number of rotatable bonds is 3. The van der Waals surface area contributed by atoms with Crippen molar-refractivity contribution in [3.8, 4) is 6.07 Å². The fraction of sp³-hybridized carbons (Fsp3) is 0.308. The summed E-state index contributed by atoms with van der Waals surface area (Å²) < 4.78 is 0. The van der Waals surface area contributed by atoms with Crippen molar-refractivity contribution in [2.24, 2.45) is 0 Å². The molecule has 5 heteroatoms. The van der Waals surface area contributed by atoms with Crippen LogP contribution in [0, 0.1) is 32.1 Å². The molecule has 0 unspecified atom stereocenters. The lowest BCUT2D eigenvalue weighted by atomic mass is 10.1. The number of nitrogens with zero attached hydrogens (tertiary/aromatic N) is 3. The zero-order chi connectivity index (χ0) is 13.1. The molecule has 0 bridgehead atoms. The van der Waals surface area contributed by atoms with E-state index in [1.165, 1.54) is 0 Å². The van der Waals surface area contributed by atoms with E-state index in [1.54, 1.807) is 18.1 Å². The Morgan fingerprint density at radius 1 is 1.39 bits per heavy atom. The molecule has 1 N–H and O–H groups in total. The Kier molecular flexibility index (Phi) is 3.68. The van der Waals surface area contributed by atoms with Gasteiger partial charge in [-0.25, -0.2) is 9.97 Å². The highest BCUT2D eigenvalue weighted by atomic mass is 32.2. The topological polar surface area (TPSA) is 65.4 Å². The van der Waals surface area contributed by atoms with Gasteiger partial charge in [-0.15, -0.1) is 0 Å². The first kappa shape index (κ1) is 12.7. The molecule has 0 atom stereocenters. The van der Waals surface area contributed by atoms with Crippen LogP contribution in [0.1, 0.15) is 28.2 Å². The van der Waals surface area contributed by atoms with Crippen LogP contribution in [0.3, 0.4) is 0 Å². The normalized spacial score (nSPS) is 10.3. The van der Waals surface area contributed by atoms with Crippen LogP contribution in [0.15, 0.2) is 17.4 Å². The van der Waals surface area contributed by atoms with Gasteiger partial charge in [-0.05, 0) is 32.4 Å². The molecule has 4 nitrogen and oxygen atoms in total. The van der Waals surface area contributed by atoms with Gasteiger partial charge in [-0.2, -0.15) is 5.26 Å². The fourth-order valence-electron chi connectivity index (χ4n) is 1.71. The second kappa shape index (κ2) is 5.23. The van der Waals surface area contributed by atoms with Crippen molar-refractivity contribution < 1.29 is 0 Å². The molecule has 0 aliphatic carbocycles. The molecule has 0 saturated heterocycles. The number of H-pyrrole nitrogens is 1. The zero-order valence-corrected chi connectivity index (χ0v) is 11.4. The number of imidazole rings is 1. The van der Waals surface area contributed by atoms with Crippen LogP contribution in [0.25, 0.3) is 0 Å². The Bertz CT molecular complexity index is 610. The summed E-state index contributed by atoms with van der Waals surface area (Å²) in [6.07, 6.45) is 1.69. The number of pyridine rings is 1. The molecule has 0 spiro atoms. The first-order valence-electron chi connectivity index (χ1n) is 5.62. The molecular weight excluding hydrogens is 244 g/mol. The Morgan fingerprint density at radius 3 is 2.78 bits per heavy atom. The van der Waals surface area contributed by atoms with Gasteiger partial charge in [-0.1, -0.05) is 11.8 Å². The number of thioether (sulfide) groups is 1. The molecule has 2 heterocycles. The Labute approximate surface area is 110 Å². The Hall–Kier alpha value is -1.80. The molecule has 0 fully saturated rings. The van der Waals surface area contributed by atoms with Crippen molar-refractivity contribution >= 4 is 11.8 Å². The van der Waals surface area contributed by atoms with Crippen molar-refractivity contribution in [3.63, 3.8) is 0 Å². The lowest BCUT2D eigenvalue weighted by Crippen LogP contribution is -1.95. The highest BCUT2D eigenvalue weighted by molar-refractivity contribution is 7.98. The van der Waals surface area contributed by atoms with Gasteiger partial charge in [0.15, 0.2) is 0 Å². The molecular formula is C13H14N4S. The van der Waals surface area contributed by atoms with E-state index in [4.69, 9.17) is 0 Å². The molecule has 0 aliphatic rings. The average Bonchev–Trinajstić information content (AvgIpc) is 2.71. The summed E-state index contributed by atoms with van der Waals surface area (Å²) in [6, 6.07) is 4.16. The standard InChI is InChI=1S/C13H14N4S/c1-8-4-9(2)17-13(11(8)5-14)18-6-12-10(3)15-7-16-12/h4,7H,6H2,1-3H3,(H,15,16). The summed E-state index contributed by atoms with van der Waals surface area (Å²) in [5.74, 6) is 0.722. The van der Waals surface area contributed by atoms with Crippen LogP contribution < -0.4 is 0 Å². The van der Waals surface area contributed by atoms with E-state index in [0.717, 1.165) is 33.4 Å². The number of aromatic amines is 1. The van der Waals surface area contributed by atoms with E-state index < -0.39 is 0 Å². The summed E-state index contributed by atoms with van der Waals surface area (Å²) >= 11 is 1.56. The van der Waals surface area contributed by atoms with Crippen LogP contribution >= 0.6 is 11.8 Å². The van der Waals surface area contributed by atoms with Gasteiger partial charge < -0.3 is 4.98 Å². The first-order chi connectivity index (χ1) is 8.61. The number of nitriles is 1. The largest absolute Gasteiger partial charge is 0.348 e. The molecule has 0 aromatic carbocycles. The summed E-state index contributed by atoms with van der Waals surface area (Å²) in [7, 11) is 0. The van der Waals surface area contributed by atoms with E-state index in [0.29, 0.717) is 5.56 Å². The van der Waals surface area contributed by atoms with Crippen molar-refractivity contribution in [1.29, 1.82) is 5.26 Å². The minimum atomic E-state index is 0.666. The summed E-state index contributed by atoms with van der Waals surface area (Å²) in [4.78, 5) is 11.7. The lowest BCUT2D eigenvalue weighted by molar-refractivity contribution is 1.03. The molecule has 0 radical (unpaired) electrons. The average molecular weight is 258 g/mol. The number of aryl methyl sites for hydroxylation is 3. The van der Waals surface area contributed by atoms with E-state index in [9.17, 15) is 5.26 Å². The van der Waals surface area contributed by atoms with Crippen molar-refractivity contribution in [2.45, 2.75) is 31.6 Å². The number of hydrogen-bond acceptors (Lipinski definition) is 4. The monoisotopic (exact) mass is 258 g/mol. The van der Waals surface area contributed by atoms with E-state index in [1.807, 2.05) is 26.8 Å². The summed E-state index contributed by atoms with van der Waals surface area (Å²) in [6.45, 7) is 5.87. The number of aromatic nitrogens is 3. The third-order valence-electron chi connectivity index (χ3n) is 2.70. The van der Waals surface area contributed by atoms with Gasteiger partial charge in [0.1, 0.15) is 11.1 Å². The van der Waals surface area contributed by atoms with E-state index in [2.05, 4.69) is 21.0 Å². The predicted octanol–water partition coefficient (Wildman–Crippen LogP) is 2.89. The summed E-state index contributed by atoms with van der Waals surface area (Å²) in [5, 5.41) is 9.97. The van der Waals surface area contributed by atoms with Crippen LogP contribution in [0.5, 0.6) is 0 Å². The van der Waals surface area contributed by atoms with Crippen LogP contribution in [-0.2, 0) is 5.75 Å². The third kappa shape index (κ3) is 2.54. The molecule has 2 aromatic rings. The van der Waals surface area contributed by atoms with Gasteiger partial charge in [-0.3, -0.25) is 0 Å². The minimum Gasteiger partial charge on any atom is -0.348 e. The van der Waals surface area contributed by atoms with E-state index >= 15 is 0 Å². The molecule has 0 amide bonds. The van der Waals surface area contributed by atoms with Crippen molar-refractivity contribution in [2.75, 3.05) is 0 Å². The number of hydrogen-bond donors (Lipinski definition) is 1. The predicted molar refractivity (Wildman–Crippen MR) is 71.3 cm³/mol. The maximum absolute atomic E-state index is 9.18. The molecule has 92 valence electrons. The van der Waals surface area contributed by atoms with Gasteiger partial charge in [0.05, 0.1) is 17.6 Å². The van der Waals surface area contributed by atoms with Crippen LogP contribution in [-0.4, -0.2) is 15.0 Å². The van der Waals surface area contributed by atoms with Crippen LogP contribution in [0.4, 0.5) is 0 Å². The molecule has 0 aliphatic heterocycles. The van der Waals surface area contributed by atoms with Crippen LogP contribution in [0.2, 0.25) is 0 Å². The quantitative estimate of drug-likeness (QED) is 0.860. The smallest absolute Gasteiger partial charge is 0.115 e. The highest BCUT2D eigenvalue weighted by Gasteiger charge is 2.10. The zero-order valence-electron chi connectivity index (χ0n) is 10.6. The van der Waals surface area contributed by atoms with Crippen molar-refractivity contribution in [3.05, 3.63) is 40.6 Å². The lowest BCUT2D eigenvalue weighted by Gasteiger charge is -2.06. The fourth-order valence-corrected chi connectivity index (χ4v) is 2.84. The maximum Gasteiger partial charge on any atom is 0.115 e. The van der Waals surface area contributed by atoms with Gasteiger partial charge in [0.25, 0.3) is 0 Å². The Balaban J connectivity index is 2.24. The Morgan fingerprint density at radius 2 is 2.17 bits per heavy atom. The summed E-state index contributed by atoms with van der Waals surface area (Å²) in [5.41, 5.74) is 4.65. The maximum atomic E-state index is 9.18.